The van der Waals surface area contributed by atoms with E-state index < -0.39 is 10.0 Å². The number of benzene rings is 1. The normalized spacial score (nSPS) is 16.0. The number of piperazine rings is 1. The van der Waals surface area contributed by atoms with E-state index in [9.17, 15) is 13.2 Å². The molecule has 0 unspecified atom stereocenters. The summed E-state index contributed by atoms with van der Waals surface area (Å²) >= 11 is 19.1. The van der Waals surface area contributed by atoms with Gasteiger partial charge in [-0.1, -0.05) is 40.9 Å². The van der Waals surface area contributed by atoms with Gasteiger partial charge in [0.15, 0.2) is 0 Å². The second kappa shape index (κ2) is 8.04. The van der Waals surface area contributed by atoms with Gasteiger partial charge in [0, 0.05) is 36.2 Å². The number of rotatable bonds is 4. The fraction of sp³-hybridized carbons (Fsp3) is 0.312. The molecule has 1 amide bonds. The van der Waals surface area contributed by atoms with E-state index in [0.29, 0.717) is 33.0 Å². The van der Waals surface area contributed by atoms with Crippen molar-refractivity contribution in [3.63, 3.8) is 0 Å². The molecule has 140 valence electrons. The number of nitrogens with zero attached hydrogens (tertiary/aromatic N) is 2. The van der Waals surface area contributed by atoms with Crippen LogP contribution in [-0.2, 0) is 21.2 Å². The Hall–Kier alpha value is -0.830. The summed E-state index contributed by atoms with van der Waals surface area (Å²) in [7, 11) is -3.58. The van der Waals surface area contributed by atoms with Crippen LogP contribution in [0.2, 0.25) is 14.4 Å². The van der Waals surface area contributed by atoms with E-state index in [2.05, 4.69) is 0 Å². The molecule has 0 saturated carbocycles. The second-order valence-corrected chi connectivity index (χ2v) is 10.4. The minimum Gasteiger partial charge on any atom is -0.340 e. The first-order chi connectivity index (χ1) is 12.3. The summed E-state index contributed by atoms with van der Waals surface area (Å²) < 4.78 is 27.2. The Balaban J connectivity index is 1.64. The Morgan fingerprint density at radius 3 is 2.15 bits per heavy atom. The number of thiophene rings is 1. The highest BCUT2D eigenvalue weighted by Crippen LogP contribution is 2.29. The summed E-state index contributed by atoms with van der Waals surface area (Å²) in [6.07, 6.45) is 0.0891. The summed E-state index contributed by atoms with van der Waals surface area (Å²) in [6.45, 7) is 1.11. The van der Waals surface area contributed by atoms with E-state index in [1.807, 2.05) is 0 Å². The molecule has 5 nitrogen and oxygen atoms in total. The number of carbonyl (C=O) groups is 1. The van der Waals surface area contributed by atoms with Gasteiger partial charge in [-0.2, -0.15) is 4.31 Å². The van der Waals surface area contributed by atoms with Gasteiger partial charge >= 0.3 is 0 Å². The molecule has 0 spiro atoms. The third-order valence-corrected chi connectivity index (χ3v) is 8.43. The van der Waals surface area contributed by atoms with Gasteiger partial charge in [0.25, 0.3) is 10.0 Å². The van der Waals surface area contributed by atoms with Gasteiger partial charge in [-0.15, -0.1) is 11.3 Å². The van der Waals surface area contributed by atoms with Crippen LogP contribution in [-0.4, -0.2) is 49.7 Å². The van der Waals surface area contributed by atoms with Crippen molar-refractivity contribution in [2.75, 3.05) is 26.2 Å². The summed E-state index contributed by atoms with van der Waals surface area (Å²) in [4.78, 5) is 14.2. The second-order valence-electron chi connectivity index (χ2n) is 5.72. The largest absolute Gasteiger partial charge is 0.340 e. The van der Waals surface area contributed by atoms with Gasteiger partial charge < -0.3 is 4.90 Å². The minimum atomic E-state index is -3.58. The van der Waals surface area contributed by atoms with Crippen molar-refractivity contribution < 1.29 is 13.2 Å². The summed E-state index contributed by atoms with van der Waals surface area (Å²) in [5, 5.41) is 0.892. The maximum absolute atomic E-state index is 12.6. The van der Waals surface area contributed by atoms with Crippen LogP contribution >= 0.6 is 46.1 Å². The van der Waals surface area contributed by atoms with Gasteiger partial charge in [-0.25, -0.2) is 8.42 Å². The first kappa shape index (κ1) is 19.9. The van der Waals surface area contributed by atoms with Crippen LogP contribution in [0, 0.1) is 0 Å². The van der Waals surface area contributed by atoms with Crippen LogP contribution in [0.25, 0.3) is 0 Å². The molecule has 1 saturated heterocycles. The Bertz CT molecular complexity index is 902. The SMILES string of the molecule is O=C(Cc1c(Cl)cccc1Cl)N1CCN(S(=O)(=O)c2ccc(Cl)s2)CC1. The summed E-state index contributed by atoms with van der Waals surface area (Å²) in [5.74, 6) is -0.129. The zero-order valence-electron chi connectivity index (χ0n) is 13.5. The molecule has 1 aliphatic rings. The minimum absolute atomic E-state index is 0.0891. The maximum atomic E-state index is 12.6. The van der Waals surface area contributed by atoms with Crippen LogP contribution in [0.3, 0.4) is 0 Å². The highest BCUT2D eigenvalue weighted by molar-refractivity contribution is 7.91. The predicted molar refractivity (Wildman–Crippen MR) is 105 cm³/mol. The number of hydrogen-bond donors (Lipinski definition) is 0. The van der Waals surface area contributed by atoms with Crippen molar-refractivity contribution in [1.29, 1.82) is 0 Å². The van der Waals surface area contributed by atoms with Gasteiger partial charge in [0.1, 0.15) is 4.21 Å². The number of halogens is 3. The van der Waals surface area contributed by atoms with Gasteiger partial charge in [0.05, 0.1) is 10.8 Å². The zero-order chi connectivity index (χ0) is 18.9. The van der Waals surface area contributed by atoms with E-state index in [4.69, 9.17) is 34.8 Å². The van der Waals surface area contributed by atoms with Crippen LogP contribution in [0.1, 0.15) is 5.56 Å². The predicted octanol–water partition coefficient (Wildman–Crippen LogP) is 3.78. The lowest BCUT2D eigenvalue weighted by Gasteiger charge is -2.33. The number of sulfonamides is 1. The van der Waals surface area contributed by atoms with Crippen LogP contribution in [0.5, 0.6) is 0 Å². The molecule has 26 heavy (non-hydrogen) atoms. The summed E-state index contributed by atoms with van der Waals surface area (Å²) in [6, 6.07) is 8.16. The Morgan fingerprint density at radius 2 is 1.62 bits per heavy atom. The van der Waals surface area contributed by atoms with E-state index >= 15 is 0 Å². The third kappa shape index (κ3) is 4.18. The fourth-order valence-electron chi connectivity index (χ4n) is 2.71. The van der Waals surface area contributed by atoms with Crippen LogP contribution in [0.4, 0.5) is 0 Å². The molecular weight excluding hydrogens is 439 g/mol. The topological polar surface area (TPSA) is 57.7 Å². The quantitative estimate of drug-likeness (QED) is 0.708. The lowest BCUT2D eigenvalue weighted by Crippen LogP contribution is -2.50. The van der Waals surface area contributed by atoms with Crippen molar-refractivity contribution in [3.05, 3.63) is 50.3 Å². The Labute approximate surface area is 171 Å². The van der Waals surface area contributed by atoms with Gasteiger partial charge in [-0.05, 0) is 29.8 Å². The molecular formula is C16H15Cl3N2O3S2. The standard InChI is InChI=1S/C16H15Cl3N2O3S2/c17-12-2-1-3-13(18)11(12)10-15(22)20-6-8-21(9-7-20)26(23,24)16-5-4-14(19)25-16/h1-5H,6-10H2. The van der Waals surface area contributed by atoms with E-state index in [1.165, 1.54) is 10.4 Å². The van der Waals surface area contributed by atoms with Crippen molar-refractivity contribution >= 4 is 62.1 Å². The monoisotopic (exact) mass is 452 g/mol. The first-order valence-corrected chi connectivity index (χ1v) is 11.1. The van der Waals surface area contributed by atoms with Crippen molar-refractivity contribution in [2.45, 2.75) is 10.6 Å². The van der Waals surface area contributed by atoms with Gasteiger partial charge in [-0.3, -0.25) is 4.79 Å². The molecule has 0 aliphatic carbocycles. The highest BCUT2D eigenvalue weighted by atomic mass is 35.5. The van der Waals surface area contributed by atoms with Crippen molar-refractivity contribution in [3.8, 4) is 0 Å². The fourth-order valence-corrected chi connectivity index (χ4v) is 6.30. The number of amides is 1. The molecule has 10 heteroatoms. The van der Waals surface area contributed by atoms with Crippen LogP contribution in [0.15, 0.2) is 34.5 Å². The zero-order valence-corrected chi connectivity index (χ0v) is 17.4. The average Bonchev–Trinajstić information content (AvgIpc) is 3.05. The lowest BCUT2D eigenvalue weighted by molar-refractivity contribution is -0.131. The molecule has 0 N–H and O–H groups in total. The van der Waals surface area contributed by atoms with Gasteiger partial charge in [0.2, 0.25) is 5.91 Å². The molecule has 1 aliphatic heterocycles. The molecule has 1 fully saturated rings. The van der Waals surface area contributed by atoms with Crippen molar-refractivity contribution in [2.24, 2.45) is 0 Å². The lowest BCUT2D eigenvalue weighted by atomic mass is 10.1. The number of hydrogen-bond acceptors (Lipinski definition) is 4. The van der Waals surface area contributed by atoms with E-state index in [1.54, 1.807) is 29.2 Å². The molecule has 1 aromatic heterocycles. The molecule has 1 aromatic carbocycles. The maximum Gasteiger partial charge on any atom is 0.252 e. The smallest absolute Gasteiger partial charge is 0.252 e. The molecule has 0 atom stereocenters. The molecule has 2 aromatic rings. The third-order valence-electron chi connectivity index (χ3n) is 4.12. The average molecular weight is 454 g/mol. The van der Waals surface area contributed by atoms with E-state index in [0.717, 1.165) is 11.3 Å². The Morgan fingerprint density at radius 1 is 1.00 bits per heavy atom. The summed E-state index contributed by atoms with van der Waals surface area (Å²) in [5.41, 5.74) is 0.587. The van der Waals surface area contributed by atoms with E-state index in [-0.39, 0.29) is 29.6 Å². The molecule has 2 heterocycles. The Kier molecular flexibility index (Phi) is 6.16. The highest BCUT2D eigenvalue weighted by Gasteiger charge is 2.31. The molecule has 0 bridgehead atoms. The molecule has 3 rings (SSSR count). The first-order valence-electron chi connectivity index (χ1n) is 7.75. The molecule has 0 radical (unpaired) electrons. The van der Waals surface area contributed by atoms with Crippen LogP contribution < -0.4 is 0 Å². The number of carbonyl (C=O) groups excluding carboxylic acids is 1. The van der Waals surface area contributed by atoms with Crippen molar-refractivity contribution in [1.82, 2.24) is 9.21 Å².